The minimum absolute atomic E-state index is 0.0701. The Kier molecular flexibility index (Phi) is 8.02. The Hall–Kier alpha value is -2.47. The molecule has 2 aromatic carbocycles. The van der Waals surface area contributed by atoms with Gasteiger partial charge in [0.25, 0.3) is 5.91 Å². The monoisotopic (exact) mass is 509 g/mol. The Labute approximate surface area is 201 Å². The van der Waals surface area contributed by atoms with E-state index in [1.807, 2.05) is 0 Å². The van der Waals surface area contributed by atoms with Crippen LogP contribution in [0.4, 0.5) is 5.69 Å². The molecule has 9 nitrogen and oxygen atoms in total. The number of carbonyl (C=O) groups is 1. The van der Waals surface area contributed by atoms with Gasteiger partial charge in [-0.2, -0.15) is 4.31 Å². The minimum atomic E-state index is -3.64. The van der Waals surface area contributed by atoms with E-state index in [0.29, 0.717) is 35.7 Å². The third kappa shape index (κ3) is 5.77. The first kappa shape index (κ1) is 26.1. The second-order valence-electron chi connectivity index (χ2n) is 8.49. The van der Waals surface area contributed by atoms with E-state index >= 15 is 0 Å². The molecule has 34 heavy (non-hydrogen) atoms. The molecule has 0 radical (unpaired) electrons. The summed E-state index contributed by atoms with van der Waals surface area (Å²) in [7, 11) is -4.32. The van der Waals surface area contributed by atoms with Gasteiger partial charge in [-0.05, 0) is 68.1 Å². The number of hydrogen-bond acceptors (Lipinski definition) is 6. The summed E-state index contributed by atoms with van der Waals surface area (Å²) in [5, 5.41) is 2.68. The number of benzene rings is 2. The number of hydrogen-bond donors (Lipinski definition) is 1. The molecule has 1 N–H and O–H groups in total. The van der Waals surface area contributed by atoms with Crippen LogP contribution in [-0.2, 0) is 24.8 Å². The van der Waals surface area contributed by atoms with Crippen molar-refractivity contribution in [1.82, 2.24) is 8.61 Å². The molecule has 0 atom stereocenters. The maximum absolute atomic E-state index is 12.9. The van der Waals surface area contributed by atoms with Crippen LogP contribution in [0.2, 0.25) is 0 Å². The van der Waals surface area contributed by atoms with Crippen molar-refractivity contribution in [1.29, 1.82) is 0 Å². The zero-order valence-electron chi connectivity index (χ0n) is 19.9. The summed E-state index contributed by atoms with van der Waals surface area (Å²) in [4.78, 5) is 12.8. The molecule has 1 fully saturated rings. The Morgan fingerprint density at radius 1 is 0.941 bits per heavy atom. The average Bonchev–Trinajstić information content (AvgIpc) is 2.80. The summed E-state index contributed by atoms with van der Waals surface area (Å²) in [5.41, 5.74) is 1.67. The highest BCUT2D eigenvalue weighted by Crippen LogP contribution is 2.26. The van der Waals surface area contributed by atoms with Crippen LogP contribution in [-0.4, -0.2) is 65.1 Å². The van der Waals surface area contributed by atoms with Crippen molar-refractivity contribution in [2.45, 2.75) is 42.9 Å². The van der Waals surface area contributed by atoms with E-state index in [0.717, 1.165) is 23.6 Å². The highest BCUT2D eigenvalue weighted by atomic mass is 32.2. The van der Waals surface area contributed by atoms with Gasteiger partial charge < -0.3 is 10.1 Å². The second kappa shape index (κ2) is 10.4. The lowest BCUT2D eigenvalue weighted by Gasteiger charge is -2.26. The summed E-state index contributed by atoms with van der Waals surface area (Å²) in [5.74, 6) is -0.0691. The van der Waals surface area contributed by atoms with Crippen molar-refractivity contribution in [3.05, 3.63) is 47.5 Å². The van der Waals surface area contributed by atoms with Crippen molar-refractivity contribution < 1.29 is 26.4 Å². The third-order valence-corrected chi connectivity index (χ3v) is 9.43. The molecule has 0 spiro atoms. The summed E-state index contributed by atoms with van der Waals surface area (Å²) in [6.07, 6.45) is 2.76. The van der Waals surface area contributed by atoms with Gasteiger partial charge in [-0.1, -0.05) is 12.5 Å². The number of rotatable bonds is 8. The summed E-state index contributed by atoms with van der Waals surface area (Å²) >= 11 is 0. The first-order chi connectivity index (χ1) is 15.9. The van der Waals surface area contributed by atoms with Crippen LogP contribution in [0.25, 0.3) is 0 Å². The van der Waals surface area contributed by atoms with E-state index in [2.05, 4.69) is 5.32 Å². The first-order valence-electron chi connectivity index (χ1n) is 11.0. The fraction of sp³-hybridized carbons (Fsp3) is 0.435. The van der Waals surface area contributed by atoms with E-state index in [9.17, 15) is 21.6 Å². The number of carbonyl (C=O) groups excluding carboxylic acids is 1. The lowest BCUT2D eigenvalue weighted by atomic mass is 10.2. The molecule has 0 saturated carbocycles. The molecule has 11 heteroatoms. The molecule has 0 bridgehead atoms. The smallest absolute Gasteiger partial charge is 0.262 e. The number of ether oxygens (including phenoxy) is 1. The molecule has 1 aliphatic heterocycles. The van der Waals surface area contributed by atoms with Crippen molar-refractivity contribution in [3.8, 4) is 5.75 Å². The fourth-order valence-corrected chi connectivity index (χ4v) is 6.17. The summed E-state index contributed by atoms with van der Waals surface area (Å²) in [6.45, 7) is 4.21. The third-order valence-electron chi connectivity index (χ3n) is 5.72. The molecule has 0 aromatic heterocycles. The number of aryl methyl sites for hydroxylation is 2. The SMILES string of the molecule is Cc1ccc(S(=O)(=O)N(C)C)cc1NC(=O)COc1ccc(S(=O)(=O)N2CCCCC2)cc1C. The van der Waals surface area contributed by atoms with Gasteiger partial charge >= 0.3 is 0 Å². The van der Waals surface area contributed by atoms with Crippen LogP contribution in [0, 0.1) is 13.8 Å². The number of amides is 1. The van der Waals surface area contributed by atoms with E-state index in [1.165, 1.54) is 36.6 Å². The number of nitrogens with zero attached hydrogens (tertiary/aromatic N) is 2. The largest absolute Gasteiger partial charge is 0.483 e. The van der Waals surface area contributed by atoms with Gasteiger partial charge in [0.15, 0.2) is 6.61 Å². The Morgan fingerprint density at radius 2 is 1.59 bits per heavy atom. The van der Waals surface area contributed by atoms with Gasteiger partial charge in [0.05, 0.1) is 9.79 Å². The van der Waals surface area contributed by atoms with Crippen LogP contribution >= 0.6 is 0 Å². The fourth-order valence-electron chi connectivity index (χ4n) is 3.64. The Morgan fingerprint density at radius 3 is 2.21 bits per heavy atom. The van der Waals surface area contributed by atoms with Gasteiger partial charge in [0, 0.05) is 32.9 Å². The lowest BCUT2D eigenvalue weighted by molar-refractivity contribution is -0.118. The van der Waals surface area contributed by atoms with Gasteiger partial charge in [-0.15, -0.1) is 0 Å². The van der Waals surface area contributed by atoms with Crippen molar-refractivity contribution in [2.24, 2.45) is 0 Å². The normalized spacial score (nSPS) is 15.3. The summed E-state index contributed by atoms with van der Waals surface area (Å²) < 4.78 is 58.7. The molecule has 186 valence electrons. The standard InChI is InChI=1S/C23H31N3O6S2/c1-17-8-9-20(33(28,29)25(3)4)15-21(17)24-23(27)16-32-22-11-10-19(14-18(22)2)34(30,31)26-12-6-5-7-13-26/h8-11,14-15H,5-7,12-13,16H2,1-4H3,(H,24,27). The van der Waals surface area contributed by atoms with E-state index in [4.69, 9.17) is 4.74 Å². The molecular weight excluding hydrogens is 478 g/mol. The molecule has 1 heterocycles. The highest BCUT2D eigenvalue weighted by Gasteiger charge is 2.26. The second-order valence-corrected chi connectivity index (χ2v) is 12.6. The van der Waals surface area contributed by atoms with E-state index in [-0.39, 0.29) is 16.4 Å². The van der Waals surface area contributed by atoms with Gasteiger partial charge in [-0.25, -0.2) is 21.1 Å². The molecule has 1 amide bonds. The van der Waals surface area contributed by atoms with Gasteiger partial charge in [-0.3, -0.25) is 4.79 Å². The lowest BCUT2D eigenvalue weighted by Crippen LogP contribution is -2.35. The Bertz CT molecular complexity index is 1270. The van der Waals surface area contributed by atoms with Crippen LogP contribution in [0.15, 0.2) is 46.2 Å². The van der Waals surface area contributed by atoms with E-state index in [1.54, 1.807) is 32.0 Å². The van der Waals surface area contributed by atoms with Crippen molar-refractivity contribution in [3.63, 3.8) is 0 Å². The molecular formula is C23H31N3O6S2. The van der Waals surface area contributed by atoms with Crippen LogP contribution in [0.3, 0.4) is 0 Å². The highest BCUT2D eigenvalue weighted by molar-refractivity contribution is 7.89. The summed E-state index contributed by atoms with van der Waals surface area (Å²) in [6, 6.07) is 9.11. The maximum atomic E-state index is 12.9. The zero-order valence-corrected chi connectivity index (χ0v) is 21.5. The predicted octanol–water partition coefficient (Wildman–Crippen LogP) is 2.75. The van der Waals surface area contributed by atoms with Crippen molar-refractivity contribution in [2.75, 3.05) is 39.1 Å². The number of nitrogens with one attached hydrogen (secondary N) is 1. The van der Waals surface area contributed by atoms with Crippen molar-refractivity contribution >= 4 is 31.6 Å². The Balaban J connectivity index is 1.68. The van der Waals surface area contributed by atoms with Gasteiger partial charge in [0.1, 0.15) is 5.75 Å². The predicted molar refractivity (Wildman–Crippen MR) is 130 cm³/mol. The number of anilines is 1. The first-order valence-corrected chi connectivity index (χ1v) is 13.9. The van der Waals surface area contributed by atoms with E-state index < -0.39 is 26.0 Å². The van der Waals surface area contributed by atoms with Crippen LogP contribution in [0.1, 0.15) is 30.4 Å². The topological polar surface area (TPSA) is 113 Å². The quantitative estimate of drug-likeness (QED) is 0.586. The maximum Gasteiger partial charge on any atom is 0.262 e. The molecule has 0 unspecified atom stereocenters. The molecule has 0 aliphatic carbocycles. The molecule has 3 rings (SSSR count). The minimum Gasteiger partial charge on any atom is -0.483 e. The molecule has 1 saturated heterocycles. The zero-order chi connectivity index (χ0) is 25.1. The molecule has 1 aliphatic rings. The number of sulfonamides is 2. The van der Waals surface area contributed by atoms with Crippen LogP contribution < -0.4 is 10.1 Å². The van der Waals surface area contributed by atoms with Gasteiger partial charge in [0.2, 0.25) is 20.0 Å². The molecule has 2 aromatic rings. The van der Waals surface area contributed by atoms with Crippen LogP contribution in [0.5, 0.6) is 5.75 Å². The average molecular weight is 510 g/mol. The number of piperidine rings is 1.